The van der Waals surface area contributed by atoms with Crippen molar-refractivity contribution in [2.45, 2.75) is 6.42 Å². The van der Waals surface area contributed by atoms with E-state index < -0.39 is 0 Å². The highest BCUT2D eigenvalue weighted by atomic mass is 19.1. The quantitative estimate of drug-likeness (QED) is 0.545. The Balaban J connectivity index is 1.47. The van der Waals surface area contributed by atoms with Crippen LogP contribution in [0, 0.1) is 0 Å². The van der Waals surface area contributed by atoms with Crippen molar-refractivity contribution in [1.29, 1.82) is 0 Å². The molecule has 2 aliphatic heterocycles. The Morgan fingerprint density at radius 2 is 1.90 bits per heavy atom. The number of aromatic nitrogens is 3. The highest BCUT2D eigenvalue weighted by molar-refractivity contribution is 5.87. The van der Waals surface area contributed by atoms with Crippen LogP contribution in [0.15, 0.2) is 53.3 Å². The van der Waals surface area contributed by atoms with E-state index in [0.717, 1.165) is 60.6 Å². The topological polar surface area (TPSA) is 68.0 Å². The Labute approximate surface area is 173 Å². The molecule has 0 spiro atoms. The van der Waals surface area contributed by atoms with E-state index in [9.17, 15) is 9.18 Å². The van der Waals surface area contributed by atoms with Gasteiger partial charge in [0.05, 0.1) is 16.6 Å². The van der Waals surface area contributed by atoms with Crippen LogP contribution in [0.3, 0.4) is 0 Å². The second-order valence-electron chi connectivity index (χ2n) is 7.73. The molecule has 0 amide bonds. The van der Waals surface area contributed by atoms with Gasteiger partial charge in [-0.1, -0.05) is 24.3 Å². The molecule has 0 atom stereocenters. The van der Waals surface area contributed by atoms with Gasteiger partial charge in [0.25, 0.3) is 5.56 Å². The molecule has 0 bridgehead atoms. The monoisotopic (exact) mass is 405 g/mol. The third kappa shape index (κ3) is 3.45. The Morgan fingerprint density at radius 1 is 1.00 bits per heavy atom. The number of H-pyrrole nitrogens is 2. The van der Waals surface area contributed by atoms with Crippen molar-refractivity contribution in [2.75, 3.05) is 44.3 Å². The van der Waals surface area contributed by atoms with Crippen molar-refractivity contribution < 1.29 is 4.39 Å². The Hall–Kier alpha value is -3.19. The van der Waals surface area contributed by atoms with Crippen LogP contribution in [0.5, 0.6) is 0 Å². The molecule has 6 nitrogen and oxygen atoms in total. The summed E-state index contributed by atoms with van der Waals surface area (Å²) in [6.45, 7) is 3.81. The normalized spacial score (nSPS) is 15.7. The Bertz CT molecular complexity index is 1200. The van der Waals surface area contributed by atoms with Crippen LogP contribution < -0.4 is 10.5 Å². The number of alkyl halides is 1. The molecule has 0 radical (unpaired) electrons. The van der Waals surface area contributed by atoms with E-state index in [1.807, 2.05) is 36.4 Å². The maximum atomic E-state index is 12.7. The third-order valence-corrected chi connectivity index (χ3v) is 5.84. The van der Waals surface area contributed by atoms with Gasteiger partial charge in [-0.05, 0) is 37.2 Å². The number of hydrogen-bond donors (Lipinski definition) is 2. The van der Waals surface area contributed by atoms with Crippen molar-refractivity contribution in [3.8, 4) is 22.6 Å². The molecular formula is C23H24FN5O. The second-order valence-corrected chi connectivity index (χ2v) is 7.73. The zero-order chi connectivity index (χ0) is 20.5. The maximum Gasteiger partial charge on any atom is 0.260 e. The first-order chi connectivity index (χ1) is 14.7. The third-order valence-electron chi connectivity index (χ3n) is 5.84. The van der Waals surface area contributed by atoms with E-state index >= 15 is 0 Å². The van der Waals surface area contributed by atoms with Gasteiger partial charge in [0, 0.05) is 43.1 Å². The minimum Gasteiger partial charge on any atom is -0.370 e. The van der Waals surface area contributed by atoms with Crippen LogP contribution in [-0.2, 0) is 0 Å². The first kappa shape index (κ1) is 18.8. The van der Waals surface area contributed by atoms with Crippen molar-refractivity contribution in [3.63, 3.8) is 0 Å². The summed E-state index contributed by atoms with van der Waals surface area (Å²) in [5.74, 6) is 0.578. The largest absolute Gasteiger partial charge is 0.370 e. The van der Waals surface area contributed by atoms with Gasteiger partial charge in [-0.15, -0.1) is 0 Å². The summed E-state index contributed by atoms with van der Waals surface area (Å²) in [6, 6.07) is 15.8. The zero-order valence-electron chi connectivity index (χ0n) is 16.7. The molecule has 0 unspecified atom stereocenters. The van der Waals surface area contributed by atoms with Gasteiger partial charge in [0.15, 0.2) is 0 Å². The zero-order valence-corrected chi connectivity index (χ0v) is 16.7. The smallest absolute Gasteiger partial charge is 0.260 e. The average molecular weight is 405 g/mol. The first-order valence-corrected chi connectivity index (χ1v) is 10.4. The minimum absolute atomic E-state index is 0.143. The summed E-state index contributed by atoms with van der Waals surface area (Å²) < 4.78 is 12.7. The first-order valence-electron chi connectivity index (χ1n) is 10.4. The van der Waals surface area contributed by atoms with Gasteiger partial charge >= 0.3 is 0 Å². The van der Waals surface area contributed by atoms with E-state index in [0.29, 0.717) is 17.9 Å². The Morgan fingerprint density at radius 3 is 2.80 bits per heavy atom. The molecule has 3 heterocycles. The molecule has 5 rings (SSSR count). The fourth-order valence-corrected chi connectivity index (χ4v) is 4.30. The summed E-state index contributed by atoms with van der Waals surface area (Å²) >= 11 is 0. The lowest BCUT2D eigenvalue weighted by molar-refractivity contribution is 0.263. The summed E-state index contributed by atoms with van der Waals surface area (Å²) in [4.78, 5) is 28.1. The number of halogens is 1. The van der Waals surface area contributed by atoms with Crippen molar-refractivity contribution >= 4 is 16.7 Å². The SMILES string of the molecule is O=c1[nH]c2cccccc-2c1-c1nc2cc(N3CCCN(CCF)CC3)ccc2[nH]1. The minimum atomic E-state index is -0.296. The number of rotatable bonds is 4. The van der Waals surface area contributed by atoms with E-state index in [2.05, 4.69) is 31.9 Å². The van der Waals surface area contributed by atoms with Gasteiger partial charge in [-0.2, -0.15) is 0 Å². The molecular weight excluding hydrogens is 381 g/mol. The lowest BCUT2D eigenvalue weighted by Crippen LogP contribution is -2.31. The van der Waals surface area contributed by atoms with E-state index in [4.69, 9.17) is 4.98 Å². The lowest BCUT2D eigenvalue weighted by Gasteiger charge is -2.23. The standard InChI is InChI=1S/C23H24FN5O/c24-9-12-28-10-4-11-29(14-13-28)16-7-8-19-20(15-16)26-22(25-19)21-17-5-2-1-3-6-18(17)27-23(21)30/h1-3,5-8,15H,4,9-14H2,(H,25,26)(H,27,30). The number of hydrogen-bond acceptors (Lipinski definition) is 4. The van der Waals surface area contributed by atoms with Gasteiger partial charge in [-0.3, -0.25) is 9.69 Å². The molecule has 3 aliphatic rings. The number of benzene rings is 1. The van der Waals surface area contributed by atoms with Crippen LogP contribution >= 0.6 is 0 Å². The highest BCUT2D eigenvalue weighted by Gasteiger charge is 2.20. The number of imidazole rings is 1. The fourth-order valence-electron chi connectivity index (χ4n) is 4.30. The van der Waals surface area contributed by atoms with E-state index in [-0.39, 0.29) is 12.2 Å². The summed E-state index contributed by atoms with van der Waals surface area (Å²) in [6.07, 6.45) is 1.01. The van der Waals surface area contributed by atoms with Gasteiger partial charge < -0.3 is 14.9 Å². The molecule has 1 fully saturated rings. The van der Waals surface area contributed by atoms with Gasteiger partial charge in [0.2, 0.25) is 0 Å². The van der Waals surface area contributed by atoms with Gasteiger partial charge in [0.1, 0.15) is 12.5 Å². The molecule has 2 N–H and O–H groups in total. The fraction of sp³-hybridized carbons (Fsp3) is 0.304. The van der Waals surface area contributed by atoms with Crippen LogP contribution in [0.25, 0.3) is 33.7 Å². The molecule has 1 aromatic carbocycles. The van der Waals surface area contributed by atoms with Crippen LogP contribution in [0.2, 0.25) is 0 Å². The highest BCUT2D eigenvalue weighted by Crippen LogP contribution is 2.30. The molecule has 30 heavy (non-hydrogen) atoms. The number of nitrogens with one attached hydrogen (secondary N) is 2. The molecule has 154 valence electrons. The van der Waals surface area contributed by atoms with Crippen LogP contribution in [0.4, 0.5) is 10.1 Å². The summed E-state index contributed by atoms with van der Waals surface area (Å²) in [5, 5.41) is 0. The molecule has 1 saturated heterocycles. The van der Waals surface area contributed by atoms with E-state index in [1.165, 1.54) is 0 Å². The van der Waals surface area contributed by atoms with Crippen molar-refractivity contribution in [3.05, 3.63) is 58.9 Å². The molecule has 7 heteroatoms. The lowest BCUT2D eigenvalue weighted by atomic mass is 10.1. The summed E-state index contributed by atoms with van der Waals surface area (Å²) in [7, 11) is 0. The molecule has 1 aromatic heterocycles. The van der Waals surface area contributed by atoms with Crippen molar-refractivity contribution in [1.82, 2.24) is 19.9 Å². The molecule has 2 aromatic rings. The number of fused-ring (bicyclic) bond motifs is 2. The van der Waals surface area contributed by atoms with Crippen LogP contribution in [0.1, 0.15) is 6.42 Å². The number of aromatic amines is 2. The maximum absolute atomic E-state index is 12.7. The second kappa shape index (κ2) is 7.91. The molecule has 0 saturated carbocycles. The van der Waals surface area contributed by atoms with Crippen molar-refractivity contribution in [2.24, 2.45) is 0 Å². The van der Waals surface area contributed by atoms with Gasteiger partial charge in [-0.25, -0.2) is 9.37 Å². The van der Waals surface area contributed by atoms with E-state index in [1.54, 1.807) is 0 Å². The number of anilines is 1. The Kier molecular flexibility index (Phi) is 4.96. The predicted molar refractivity (Wildman–Crippen MR) is 118 cm³/mol. The average Bonchev–Trinajstić information content (AvgIpc) is 3.08. The summed E-state index contributed by atoms with van der Waals surface area (Å²) in [5.41, 5.74) is 4.91. The predicted octanol–water partition coefficient (Wildman–Crippen LogP) is 3.50. The number of nitrogens with zero attached hydrogens (tertiary/aromatic N) is 3. The molecule has 1 aliphatic carbocycles. The van der Waals surface area contributed by atoms with Crippen LogP contribution in [-0.4, -0.2) is 59.3 Å².